The molecule has 5 heteroatoms. The third kappa shape index (κ3) is 3.72. The van der Waals surface area contributed by atoms with Gasteiger partial charge in [0.25, 0.3) is 0 Å². The van der Waals surface area contributed by atoms with Crippen LogP contribution in [0.25, 0.3) is 0 Å². The third-order valence-corrected chi connectivity index (χ3v) is 4.34. The number of methoxy groups -OCH3 is 1. The Kier molecular flexibility index (Phi) is 5.24. The normalized spacial score (nSPS) is 18.9. The van der Waals surface area contributed by atoms with Crippen molar-refractivity contribution in [1.82, 2.24) is 5.32 Å². The summed E-state index contributed by atoms with van der Waals surface area (Å²) in [7, 11) is 1.55. The van der Waals surface area contributed by atoms with Gasteiger partial charge in [0.1, 0.15) is 0 Å². The Hall–Kier alpha value is -1.04. The Morgan fingerprint density at radius 2 is 2.37 bits per heavy atom. The molecule has 19 heavy (non-hydrogen) atoms. The molecule has 0 spiro atoms. The molecule has 1 aromatic carbocycles. The maximum Gasteiger partial charge on any atom is 0.228 e. The Bertz CT molecular complexity index is 438. The summed E-state index contributed by atoms with van der Waals surface area (Å²) in [5.41, 5.74) is 1.11. The molecule has 1 amide bonds. The first-order chi connectivity index (χ1) is 9.22. The first-order valence-electron chi connectivity index (χ1n) is 6.39. The van der Waals surface area contributed by atoms with E-state index in [9.17, 15) is 9.90 Å². The summed E-state index contributed by atoms with van der Waals surface area (Å²) in [5.74, 6) is 0.772. The first kappa shape index (κ1) is 14.4. The van der Waals surface area contributed by atoms with Crippen molar-refractivity contribution in [2.75, 3.05) is 26.0 Å². The fraction of sp³-hybridized carbons (Fsp3) is 0.500. The molecule has 2 unspecified atom stereocenters. The Labute approximate surface area is 117 Å². The van der Waals surface area contributed by atoms with E-state index >= 15 is 0 Å². The number of nitrogens with one attached hydrogen (secondary N) is 1. The monoisotopic (exact) mass is 281 g/mol. The molecule has 0 fully saturated rings. The minimum Gasteiger partial charge on any atom is -0.391 e. The molecular formula is C14H19NO3S. The van der Waals surface area contributed by atoms with Crippen molar-refractivity contribution >= 4 is 17.7 Å². The molecule has 2 N–H and O–H groups in total. The highest BCUT2D eigenvalue weighted by molar-refractivity contribution is 7.99. The number of thioether (sulfide) groups is 1. The van der Waals surface area contributed by atoms with E-state index in [0.29, 0.717) is 19.6 Å². The van der Waals surface area contributed by atoms with Crippen LogP contribution in [0.1, 0.15) is 17.9 Å². The number of hydrogen-bond donors (Lipinski definition) is 2. The van der Waals surface area contributed by atoms with Crippen LogP contribution in [-0.2, 0) is 9.53 Å². The number of aliphatic hydroxyl groups is 1. The minimum atomic E-state index is -0.518. The van der Waals surface area contributed by atoms with E-state index in [1.165, 1.54) is 4.90 Å². The van der Waals surface area contributed by atoms with Crippen LogP contribution in [0, 0.1) is 0 Å². The van der Waals surface area contributed by atoms with Crippen molar-refractivity contribution < 1.29 is 14.6 Å². The smallest absolute Gasteiger partial charge is 0.228 e. The molecular weight excluding hydrogens is 262 g/mol. The minimum absolute atomic E-state index is 0.0436. The van der Waals surface area contributed by atoms with Crippen molar-refractivity contribution in [3.63, 3.8) is 0 Å². The van der Waals surface area contributed by atoms with Gasteiger partial charge in [-0.15, -0.1) is 11.8 Å². The number of ether oxygens (including phenoxy) is 1. The highest BCUT2D eigenvalue weighted by Gasteiger charge is 2.28. The van der Waals surface area contributed by atoms with Crippen LogP contribution in [-0.4, -0.2) is 43.1 Å². The predicted octanol–water partition coefficient (Wildman–Crippen LogP) is 1.39. The lowest BCUT2D eigenvalue weighted by Crippen LogP contribution is -2.32. The lowest BCUT2D eigenvalue weighted by molar-refractivity contribution is -0.122. The van der Waals surface area contributed by atoms with Crippen LogP contribution in [0.2, 0.25) is 0 Å². The number of rotatable bonds is 6. The van der Waals surface area contributed by atoms with Gasteiger partial charge >= 0.3 is 0 Å². The predicted molar refractivity (Wildman–Crippen MR) is 75.4 cm³/mol. The number of carbonyl (C=O) groups is 1. The summed E-state index contributed by atoms with van der Waals surface area (Å²) in [6, 6.07) is 8.02. The van der Waals surface area contributed by atoms with Gasteiger partial charge in [-0.3, -0.25) is 4.79 Å². The molecule has 0 bridgehead atoms. The zero-order valence-corrected chi connectivity index (χ0v) is 11.8. The molecule has 4 nitrogen and oxygen atoms in total. The standard InChI is InChI=1S/C14H19NO3S/c1-18-8-10(16)6-7-15-14(17)12-9-19-13-5-3-2-4-11(12)13/h2-5,10,12,16H,6-9H2,1H3,(H,15,17). The fourth-order valence-corrected chi connectivity index (χ4v) is 3.37. The average Bonchev–Trinajstić information content (AvgIpc) is 2.82. The second-order valence-electron chi connectivity index (χ2n) is 4.59. The number of carbonyl (C=O) groups excluding carboxylic acids is 1. The Morgan fingerprint density at radius 3 is 3.16 bits per heavy atom. The summed E-state index contributed by atoms with van der Waals surface area (Å²) in [6.45, 7) is 0.782. The van der Waals surface area contributed by atoms with Crippen molar-refractivity contribution in [3.05, 3.63) is 29.8 Å². The Morgan fingerprint density at radius 1 is 1.58 bits per heavy atom. The summed E-state index contributed by atoms with van der Waals surface area (Å²) in [5, 5.41) is 12.4. The van der Waals surface area contributed by atoms with Gasteiger partial charge in [-0.2, -0.15) is 0 Å². The maximum absolute atomic E-state index is 12.1. The van der Waals surface area contributed by atoms with E-state index in [1.54, 1.807) is 18.9 Å². The number of fused-ring (bicyclic) bond motifs is 1. The van der Waals surface area contributed by atoms with Crippen LogP contribution in [0.15, 0.2) is 29.2 Å². The van der Waals surface area contributed by atoms with Crippen molar-refractivity contribution in [2.45, 2.75) is 23.3 Å². The van der Waals surface area contributed by atoms with Crippen molar-refractivity contribution in [2.24, 2.45) is 0 Å². The van der Waals surface area contributed by atoms with E-state index in [1.807, 2.05) is 18.2 Å². The molecule has 2 rings (SSSR count). The van der Waals surface area contributed by atoms with Crippen molar-refractivity contribution in [1.29, 1.82) is 0 Å². The zero-order valence-electron chi connectivity index (χ0n) is 11.0. The van der Waals surface area contributed by atoms with E-state index in [4.69, 9.17) is 4.74 Å². The quantitative estimate of drug-likeness (QED) is 0.827. The van der Waals surface area contributed by atoms with Gasteiger partial charge in [-0.1, -0.05) is 18.2 Å². The lowest BCUT2D eigenvalue weighted by Gasteiger charge is -2.13. The summed E-state index contributed by atoms with van der Waals surface area (Å²) >= 11 is 1.72. The van der Waals surface area contributed by atoms with E-state index < -0.39 is 6.10 Å². The van der Waals surface area contributed by atoms with E-state index in [2.05, 4.69) is 11.4 Å². The SMILES string of the molecule is COCC(O)CCNC(=O)C1CSc2ccccc21. The molecule has 0 aliphatic carbocycles. The van der Waals surface area contributed by atoms with Gasteiger partial charge in [-0.05, 0) is 18.1 Å². The number of aliphatic hydroxyl groups excluding tert-OH is 1. The number of amides is 1. The van der Waals surface area contributed by atoms with E-state index in [0.717, 1.165) is 11.3 Å². The molecule has 104 valence electrons. The van der Waals surface area contributed by atoms with Crippen molar-refractivity contribution in [3.8, 4) is 0 Å². The third-order valence-electron chi connectivity index (χ3n) is 3.15. The zero-order chi connectivity index (χ0) is 13.7. The van der Waals surface area contributed by atoms with Gasteiger partial charge in [-0.25, -0.2) is 0 Å². The van der Waals surface area contributed by atoms with Gasteiger partial charge in [0.15, 0.2) is 0 Å². The van der Waals surface area contributed by atoms with Crippen LogP contribution in [0.5, 0.6) is 0 Å². The second kappa shape index (κ2) is 6.93. The molecule has 0 saturated heterocycles. The molecule has 0 radical (unpaired) electrons. The molecule has 2 atom stereocenters. The highest BCUT2D eigenvalue weighted by Crippen LogP contribution is 2.39. The molecule has 1 aliphatic rings. The van der Waals surface area contributed by atoms with Crippen LogP contribution >= 0.6 is 11.8 Å². The largest absolute Gasteiger partial charge is 0.391 e. The van der Waals surface area contributed by atoms with Gasteiger partial charge in [0.2, 0.25) is 5.91 Å². The fourth-order valence-electron chi connectivity index (χ4n) is 2.14. The molecule has 1 aliphatic heterocycles. The highest BCUT2D eigenvalue weighted by atomic mass is 32.2. The summed E-state index contributed by atoms with van der Waals surface area (Å²) in [6.07, 6.45) is -0.00305. The molecule has 0 saturated carbocycles. The second-order valence-corrected chi connectivity index (χ2v) is 5.65. The lowest BCUT2D eigenvalue weighted by atomic mass is 10.0. The number of benzene rings is 1. The van der Waals surface area contributed by atoms with Gasteiger partial charge in [0.05, 0.1) is 18.6 Å². The van der Waals surface area contributed by atoms with E-state index in [-0.39, 0.29) is 11.8 Å². The number of hydrogen-bond acceptors (Lipinski definition) is 4. The van der Waals surface area contributed by atoms with Gasteiger partial charge < -0.3 is 15.2 Å². The Balaban J connectivity index is 1.82. The van der Waals surface area contributed by atoms with Crippen LogP contribution < -0.4 is 5.32 Å². The summed E-state index contributed by atoms with van der Waals surface area (Å²) in [4.78, 5) is 13.3. The molecule has 1 heterocycles. The maximum atomic E-state index is 12.1. The topological polar surface area (TPSA) is 58.6 Å². The molecule has 1 aromatic rings. The first-order valence-corrected chi connectivity index (χ1v) is 7.37. The van der Waals surface area contributed by atoms with Gasteiger partial charge in [0, 0.05) is 24.3 Å². The molecule has 0 aromatic heterocycles. The van der Waals surface area contributed by atoms with Crippen LogP contribution in [0.4, 0.5) is 0 Å². The van der Waals surface area contributed by atoms with Crippen LogP contribution in [0.3, 0.4) is 0 Å². The summed E-state index contributed by atoms with van der Waals surface area (Å²) < 4.78 is 4.84. The average molecular weight is 281 g/mol.